The van der Waals surface area contributed by atoms with Gasteiger partial charge in [-0.25, -0.2) is 9.97 Å². The van der Waals surface area contributed by atoms with Crippen molar-refractivity contribution in [2.24, 2.45) is 7.05 Å². The van der Waals surface area contributed by atoms with Gasteiger partial charge in [0.15, 0.2) is 0 Å². The SMILES string of the molecule is Cc1cc(NC2CCCN(Cc3cn(C)c4ccccc34)C2)ncn1. The minimum atomic E-state index is 0.443. The summed E-state index contributed by atoms with van der Waals surface area (Å²) < 4.78 is 2.23. The Morgan fingerprint density at radius 2 is 2.12 bits per heavy atom. The zero-order valence-electron chi connectivity index (χ0n) is 14.9. The predicted octanol–water partition coefficient (Wildman–Crippen LogP) is 3.35. The van der Waals surface area contributed by atoms with Gasteiger partial charge in [0.2, 0.25) is 0 Å². The molecule has 130 valence electrons. The molecule has 1 saturated heterocycles. The van der Waals surface area contributed by atoms with E-state index in [-0.39, 0.29) is 0 Å². The molecule has 0 bridgehead atoms. The fraction of sp³-hybridized carbons (Fsp3) is 0.400. The fourth-order valence-corrected chi connectivity index (χ4v) is 3.85. The summed E-state index contributed by atoms with van der Waals surface area (Å²) in [7, 11) is 2.13. The third-order valence-corrected chi connectivity index (χ3v) is 5.03. The van der Waals surface area contributed by atoms with Gasteiger partial charge in [-0.1, -0.05) is 18.2 Å². The Balaban J connectivity index is 1.46. The van der Waals surface area contributed by atoms with Gasteiger partial charge in [0.05, 0.1) is 0 Å². The van der Waals surface area contributed by atoms with E-state index in [0.29, 0.717) is 6.04 Å². The summed E-state index contributed by atoms with van der Waals surface area (Å²) in [6, 6.07) is 11.1. The van der Waals surface area contributed by atoms with Crippen molar-refractivity contribution in [2.75, 3.05) is 18.4 Å². The highest BCUT2D eigenvalue weighted by Gasteiger charge is 2.21. The fourth-order valence-electron chi connectivity index (χ4n) is 3.85. The lowest BCUT2D eigenvalue weighted by Gasteiger charge is -2.33. The molecule has 4 rings (SSSR count). The highest BCUT2D eigenvalue weighted by atomic mass is 15.2. The van der Waals surface area contributed by atoms with Crippen molar-refractivity contribution in [1.29, 1.82) is 0 Å². The molecule has 1 aliphatic rings. The highest BCUT2D eigenvalue weighted by molar-refractivity contribution is 5.83. The van der Waals surface area contributed by atoms with E-state index in [1.54, 1.807) is 6.33 Å². The van der Waals surface area contributed by atoms with Gasteiger partial charge in [0.1, 0.15) is 12.1 Å². The number of rotatable bonds is 4. The van der Waals surface area contributed by atoms with Crippen LogP contribution in [0, 0.1) is 6.92 Å². The third-order valence-electron chi connectivity index (χ3n) is 5.03. The second-order valence-corrected chi connectivity index (χ2v) is 7.05. The van der Waals surface area contributed by atoms with E-state index in [1.807, 2.05) is 13.0 Å². The van der Waals surface area contributed by atoms with Gasteiger partial charge in [-0.05, 0) is 37.9 Å². The Morgan fingerprint density at radius 1 is 1.24 bits per heavy atom. The lowest BCUT2D eigenvalue weighted by molar-refractivity contribution is 0.209. The molecule has 5 heteroatoms. The lowest BCUT2D eigenvalue weighted by Crippen LogP contribution is -2.41. The van der Waals surface area contributed by atoms with Crippen LogP contribution < -0.4 is 5.32 Å². The van der Waals surface area contributed by atoms with Crippen LogP contribution >= 0.6 is 0 Å². The summed E-state index contributed by atoms with van der Waals surface area (Å²) in [5.74, 6) is 0.935. The van der Waals surface area contributed by atoms with E-state index in [0.717, 1.165) is 31.1 Å². The number of hydrogen-bond donors (Lipinski definition) is 1. The maximum absolute atomic E-state index is 4.34. The molecule has 5 nitrogen and oxygen atoms in total. The van der Waals surface area contributed by atoms with Gasteiger partial charge in [-0.2, -0.15) is 0 Å². The average Bonchev–Trinajstić information content (AvgIpc) is 2.92. The van der Waals surface area contributed by atoms with Crippen LogP contribution in [0.5, 0.6) is 0 Å². The molecule has 1 atom stereocenters. The summed E-state index contributed by atoms with van der Waals surface area (Å²) in [6.07, 6.45) is 6.31. The third kappa shape index (κ3) is 3.51. The minimum Gasteiger partial charge on any atom is -0.366 e. The molecule has 3 heterocycles. The van der Waals surface area contributed by atoms with Crippen LogP contribution in [0.2, 0.25) is 0 Å². The first-order chi connectivity index (χ1) is 12.2. The highest BCUT2D eigenvalue weighted by Crippen LogP contribution is 2.23. The van der Waals surface area contributed by atoms with Gasteiger partial charge in [-0.3, -0.25) is 4.90 Å². The zero-order chi connectivity index (χ0) is 17.2. The molecule has 1 aliphatic heterocycles. The molecule has 0 radical (unpaired) electrons. The van der Waals surface area contributed by atoms with Crippen LogP contribution in [0.3, 0.4) is 0 Å². The topological polar surface area (TPSA) is 46.0 Å². The summed E-state index contributed by atoms with van der Waals surface area (Å²) in [4.78, 5) is 11.1. The van der Waals surface area contributed by atoms with Crippen molar-refractivity contribution < 1.29 is 0 Å². The van der Waals surface area contributed by atoms with Crippen LogP contribution in [0.1, 0.15) is 24.1 Å². The number of nitrogens with one attached hydrogen (secondary N) is 1. The Morgan fingerprint density at radius 3 is 3.00 bits per heavy atom. The molecule has 1 aromatic carbocycles. The smallest absolute Gasteiger partial charge is 0.129 e. The number of benzene rings is 1. The Hall–Kier alpha value is -2.40. The quantitative estimate of drug-likeness (QED) is 0.794. The standard InChI is InChI=1S/C20H25N5/c1-15-10-20(22-14-21-15)23-17-6-5-9-25(13-17)12-16-11-24(2)19-8-4-3-7-18(16)19/h3-4,7-8,10-11,14,17H,5-6,9,12-13H2,1-2H3,(H,21,22,23). The van der Waals surface area contributed by atoms with E-state index in [2.05, 4.69) is 62.3 Å². The number of aromatic nitrogens is 3. The molecule has 0 saturated carbocycles. The molecule has 2 aromatic heterocycles. The lowest BCUT2D eigenvalue weighted by atomic mass is 10.0. The van der Waals surface area contributed by atoms with E-state index in [9.17, 15) is 0 Å². The molecule has 1 unspecified atom stereocenters. The first-order valence-electron chi connectivity index (χ1n) is 8.99. The minimum absolute atomic E-state index is 0.443. The maximum Gasteiger partial charge on any atom is 0.129 e. The number of para-hydroxylation sites is 1. The van der Waals surface area contributed by atoms with Crippen LogP contribution in [0.15, 0.2) is 42.9 Å². The van der Waals surface area contributed by atoms with E-state index >= 15 is 0 Å². The average molecular weight is 335 g/mol. The normalized spacial score (nSPS) is 18.6. The van der Waals surface area contributed by atoms with Crippen molar-refractivity contribution >= 4 is 16.7 Å². The van der Waals surface area contributed by atoms with E-state index in [1.165, 1.54) is 29.3 Å². The largest absolute Gasteiger partial charge is 0.366 e. The number of aryl methyl sites for hydroxylation is 2. The van der Waals surface area contributed by atoms with Gasteiger partial charge in [0.25, 0.3) is 0 Å². The van der Waals surface area contributed by atoms with Gasteiger partial charge in [-0.15, -0.1) is 0 Å². The molecule has 0 aliphatic carbocycles. The number of piperidine rings is 1. The van der Waals surface area contributed by atoms with Crippen LogP contribution in [-0.4, -0.2) is 38.6 Å². The molecule has 1 fully saturated rings. The zero-order valence-corrected chi connectivity index (χ0v) is 14.9. The summed E-state index contributed by atoms with van der Waals surface area (Å²) in [5.41, 5.74) is 3.72. The number of nitrogens with zero attached hydrogens (tertiary/aromatic N) is 4. The van der Waals surface area contributed by atoms with E-state index < -0.39 is 0 Å². The number of fused-ring (bicyclic) bond motifs is 1. The Labute approximate surface area is 148 Å². The van der Waals surface area contributed by atoms with Crippen LogP contribution in [-0.2, 0) is 13.6 Å². The van der Waals surface area contributed by atoms with Crippen molar-refractivity contribution in [3.63, 3.8) is 0 Å². The summed E-state index contributed by atoms with van der Waals surface area (Å²) in [6.45, 7) is 5.21. The van der Waals surface area contributed by atoms with Gasteiger partial charge < -0.3 is 9.88 Å². The van der Waals surface area contributed by atoms with Crippen LogP contribution in [0.25, 0.3) is 10.9 Å². The molecular formula is C20H25N5. The monoisotopic (exact) mass is 335 g/mol. The van der Waals surface area contributed by atoms with Crippen molar-refractivity contribution in [3.8, 4) is 0 Å². The second kappa shape index (κ2) is 6.84. The van der Waals surface area contributed by atoms with Crippen molar-refractivity contribution in [2.45, 2.75) is 32.4 Å². The number of hydrogen-bond acceptors (Lipinski definition) is 4. The van der Waals surface area contributed by atoms with Crippen LogP contribution in [0.4, 0.5) is 5.82 Å². The summed E-state index contributed by atoms with van der Waals surface area (Å²) in [5, 5.41) is 4.95. The summed E-state index contributed by atoms with van der Waals surface area (Å²) >= 11 is 0. The molecule has 25 heavy (non-hydrogen) atoms. The number of anilines is 1. The predicted molar refractivity (Wildman–Crippen MR) is 102 cm³/mol. The van der Waals surface area contributed by atoms with Crippen molar-refractivity contribution in [1.82, 2.24) is 19.4 Å². The van der Waals surface area contributed by atoms with Gasteiger partial charge >= 0.3 is 0 Å². The Kier molecular flexibility index (Phi) is 4.40. The Bertz CT molecular complexity index is 869. The molecular weight excluding hydrogens is 310 g/mol. The van der Waals surface area contributed by atoms with E-state index in [4.69, 9.17) is 0 Å². The maximum atomic E-state index is 4.34. The molecule has 1 N–H and O–H groups in total. The molecule has 3 aromatic rings. The second-order valence-electron chi connectivity index (χ2n) is 7.05. The van der Waals surface area contributed by atoms with Crippen molar-refractivity contribution in [3.05, 3.63) is 54.1 Å². The number of likely N-dealkylation sites (tertiary alicyclic amines) is 1. The first kappa shape index (κ1) is 16.1. The van der Waals surface area contributed by atoms with Gasteiger partial charge in [0, 0.05) is 55.0 Å². The molecule has 0 spiro atoms. The first-order valence-corrected chi connectivity index (χ1v) is 8.99. The molecule has 0 amide bonds.